The minimum absolute atomic E-state index is 0.0861. The summed E-state index contributed by atoms with van der Waals surface area (Å²) >= 11 is 0. The monoisotopic (exact) mass is 1040 g/mol. The van der Waals surface area contributed by atoms with Crippen molar-refractivity contribution in [2.75, 3.05) is 13.2 Å². The van der Waals surface area contributed by atoms with Crippen LogP contribution in [0.4, 0.5) is 0 Å². The van der Waals surface area contributed by atoms with Crippen molar-refractivity contribution in [2.24, 2.45) is 0 Å². The Kier molecular flexibility index (Phi) is 59.8. The fraction of sp³-hybridized carbons (Fsp3) is 0.725. The molecule has 0 aliphatic carbocycles. The minimum atomic E-state index is -0.793. The number of allylic oxidation sites excluding steroid dienone is 16. The molecule has 0 saturated heterocycles. The van der Waals surface area contributed by atoms with E-state index in [-0.39, 0.29) is 31.1 Å². The third-order valence-electron chi connectivity index (χ3n) is 13.6. The molecule has 75 heavy (non-hydrogen) atoms. The van der Waals surface area contributed by atoms with E-state index >= 15 is 0 Å². The highest BCUT2D eigenvalue weighted by molar-refractivity contribution is 5.71. The molecule has 6 heteroatoms. The van der Waals surface area contributed by atoms with Gasteiger partial charge in [-0.3, -0.25) is 14.4 Å². The predicted molar refractivity (Wildman–Crippen MR) is 325 cm³/mol. The Hall–Kier alpha value is -3.67. The molecule has 0 aromatic heterocycles. The predicted octanol–water partition coefficient (Wildman–Crippen LogP) is 21.7. The summed E-state index contributed by atoms with van der Waals surface area (Å²) in [6, 6.07) is 0. The van der Waals surface area contributed by atoms with Gasteiger partial charge in [-0.1, -0.05) is 285 Å². The van der Waals surface area contributed by atoms with Gasteiger partial charge in [0.15, 0.2) is 6.10 Å². The molecule has 1 atom stereocenters. The molecule has 1 unspecified atom stereocenters. The van der Waals surface area contributed by atoms with Crippen LogP contribution in [0.2, 0.25) is 0 Å². The first-order valence-corrected chi connectivity index (χ1v) is 31.7. The summed E-state index contributed by atoms with van der Waals surface area (Å²) in [6.45, 7) is 6.43. The average Bonchev–Trinajstić information content (AvgIpc) is 3.41. The summed E-state index contributed by atoms with van der Waals surface area (Å²) in [7, 11) is 0. The Balaban J connectivity index is 4.42. The summed E-state index contributed by atoms with van der Waals surface area (Å²) < 4.78 is 16.9. The number of unbranched alkanes of at least 4 members (excludes halogenated alkanes) is 30. The summed E-state index contributed by atoms with van der Waals surface area (Å²) in [6.07, 6.45) is 84.0. The molecule has 0 fully saturated rings. The highest BCUT2D eigenvalue weighted by atomic mass is 16.6. The zero-order valence-corrected chi connectivity index (χ0v) is 49.3. The summed E-state index contributed by atoms with van der Waals surface area (Å²) in [5.74, 6) is -0.903. The summed E-state index contributed by atoms with van der Waals surface area (Å²) in [5, 5.41) is 0. The number of carbonyl (C=O) groups excluding carboxylic acids is 3. The molecule has 0 aromatic carbocycles. The van der Waals surface area contributed by atoms with Crippen molar-refractivity contribution >= 4 is 17.9 Å². The molecule has 0 aliphatic rings. The van der Waals surface area contributed by atoms with E-state index < -0.39 is 6.10 Å². The van der Waals surface area contributed by atoms with Gasteiger partial charge in [-0.15, -0.1) is 0 Å². The third kappa shape index (κ3) is 61.1. The van der Waals surface area contributed by atoms with E-state index in [1.54, 1.807) is 0 Å². The molecular weight excluding hydrogens is 925 g/mol. The topological polar surface area (TPSA) is 78.9 Å². The van der Waals surface area contributed by atoms with Gasteiger partial charge in [0.1, 0.15) is 13.2 Å². The molecule has 0 N–H and O–H groups in total. The lowest BCUT2D eigenvalue weighted by Gasteiger charge is -2.18. The molecule has 430 valence electrons. The minimum Gasteiger partial charge on any atom is -0.462 e. The molecule has 0 radical (unpaired) electrons. The smallest absolute Gasteiger partial charge is 0.306 e. The second kappa shape index (κ2) is 62.9. The fourth-order valence-electron chi connectivity index (χ4n) is 8.90. The fourth-order valence-corrected chi connectivity index (χ4v) is 8.90. The van der Waals surface area contributed by atoms with Crippen molar-refractivity contribution in [1.82, 2.24) is 0 Å². The van der Waals surface area contributed by atoms with E-state index in [4.69, 9.17) is 14.2 Å². The van der Waals surface area contributed by atoms with Crippen LogP contribution < -0.4 is 0 Å². The van der Waals surface area contributed by atoms with Crippen LogP contribution in [0.3, 0.4) is 0 Å². The first-order chi connectivity index (χ1) is 37.0. The zero-order chi connectivity index (χ0) is 54.3. The van der Waals surface area contributed by atoms with Crippen molar-refractivity contribution in [3.05, 3.63) is 97.2 Å². The van der Waals surface area contributed by atoms with Gasteiger partial charge in [0, 0.05) is 19.3 Å². The maximum absolute atomic E-state index is 12.9. The number of rotatable bonds is 57. The maximum atomic E-state index is 12.9. The number of esters is 3. The molecule has 0 saturated carbocycles. The van der Waals surface area contributed by atoms with Crippen LogP contribution >= 0.6 is 0 Å². The molecule has 0 spiro atoms. The van der Waals surface area contributed by atoms with Crippen LogP contribution in [0.5, 0.6) is 0 Å². The van der Waals surface area contributed by atoms with Gasteiger partial charge in [-0.05, 0) is 96.3 Å². The molecule has 0 heterocycles. The van der Waals surface area contributed by atoms with E-state index in [0.29, 0.717) is 19.3 Å². The van der Waals surface area contributed by atoms with E-state index in [9.17, 15) is 14.4 Å². The standard InChI is InChI=1S/C69H118O6/c1-4-7-10-13-16-19-22-25-28-31-34-37-40-43-46-49-52-55-58-61-67(70)73-64-66(75-69(72)63-60-57-54-51-48-45-42-39-36-33-30-27-24-21-18-15-12-9-6-3)65-74-68(71)62-59-56-53-50-47-44-41-38-35-32-29-26-23-20-17-14-11-8-5-2/h7,9-10,12,16,18-19,21,25,27-28,30,34,36-37,39,66H,4-6,8,11,13-15,17,20,22-24,26,29,31-33,35,38,40-65H2,1-3H3/b10-7-,12-9-,19-16-,21-18-,28-25-,30-27-,37-34-,39-36-. The Morgan fingerprint density at radius 2 is 0.520 bits per heavy atom. The molecule has 0 bridgehead atoms. The van der Waals surface area contributed by atoms with Crippen LogP contribution in [0.25, 0.3) is 0 Å². The molecule has 0 rings (SSSR count). The molecule has 0 aliphatic heterocycles. The van der Waals surface area contributed by atoms with Gasteiger partial charge < -0.3 is 14.2 Å². The normalized spacial score (nSPS) is 12.7. The van der Waals surface area contributed by atoms with Crippen LogP contribution in [-0.2, 0) is 28.6 Å². The number of hydrogen-bond donors (Lipinski definition) is 0. The molecule has 6 nitrogen and oxygen atoms in total. The van der Waals surface area contributed by atoms with E-state index in [0.717, 1.165) is 135 Å². The van der Waals surface area contributed by atoms with E-state index in [1.165, 1.54) is 128 Å². The molecule has 0 aromatic rings. The van der Waals surface area contributed by atoms with Gasteiger partial charge in [0.05, 0.1) is 0 Å². The Morgan fingerprint density at radius 1 is 0.280 bits per heavy atom. The Morgan fingerprint density at radius 3 is 0.813 bits per heavy atom. The van der Waals surface area contributed by atoms with Crippen LogP contribution in [-0.4, -0.2) is 37.2 Å². The van der Waals surface area contributed by atoms with Gasteiger partial charge in [-0.25, -0.2) is 0 Å². The second-order valence-electron chi connectivity index (χ2n) is 20.9. The van der Waals surface area contributed by atoms with Crippen molar-refractivity contribution < 1.29 is 28.6 Å². The SMILES string of the molecule is CC/C=C\C/C=C\C/C=C\C/C=C\CCCCCCCCC(=O)OCC(COC(=O)CCCCCCCCCCCCCCCCCCCCC)OC(=O)CCCCCCCC/C=C\C/C=C\C/C=C\C/C=C\CC. The average molecular weight is 1040 g/mol. The van der Waals surface area contributed by atoms with Gasteiger partial charge in [0.2, 0.25) is 0 Å². The largest absolute Gasteiger partial charge is 0.462 e. The van der Waals surface area contributed by atoms with Crippen LogP contribution in [0, 0.1) is 0 Å². The summed E-state index contributed by atoms with van der Waals surface area (Å²) in [4.78, 5) is 38.4. The maximum Gasteiger partial charge on any atom is 0.306 e. The number of ether oxygens (including phenoxy) is 3. The third-order valence-corrected chi connectivity index (χ3v) is 13.6. The lowest BCUT2D eigenvalue weighted by molar-refractivity contribution is -0.167. The van der Waals surface area contributed by atoms with Gasteiger partial charge in [-0.2, -0.15) is 0 Å². The zero-order valence-electron chi connectivity index (χ0n) is 49.3. The van der Waals surface area contributed by atoms with Crippen LogP contribution in [0.15, 0.2) is 97.2 Å². The van der Waals surface area contributed by atoms with E-state index in [1.807, 2.05) is 0 Å². The quantitative estimate of drug-likeness (QED) is 0.0261. The number of carbonyl (C=O) groups is 3. The van der Waals surface area contributed by atoms with Crippen molar-refractivity contribution in [3.8, 4) is 0 Å². The van der Waals surface area contributed by atoms with Gasteiger partial charge in [0.25, 0.3) is 0 Å². The highest BCUT2D eigenvalue weighted by Gasteiger charge is 2.19. The number of hydrogen-bond acceptors (Lipinski definition) is 6. The molecular formula is C69H118O6. The van der Waals surface area contributed by atoms with Crippen LogP contribution in [0.1, 0.15) is 303 Å². The van der Waals surface area contributed by atoms with Crippen molar-refractivity contribution in [1.29, 1.82) is 0 Å². The Bertz CT molecular complexity index is 1480. The Labute approximate surface area is 464 Å². The lowest BCUT2D eigenvalue weighted by atomic mass is 10.0. The highest BCUT2D eigenvalue weighted by Crippen LogP contribution is 2.17. The first kappa shape index (κ1) is 71.3. The lowest BCUT2D eigenvalue weighted by Crippen LogP contribution is -2.30. The van der Waals surface area contributed by atoms with Crippen molar-refractivity contribution in [2.45, 2.75) is 309 Å². The van der Waals surface area contributed by atoms with Gasteiger partial charge >= 0.3 is 17.9 Å². The summed E-state index contributed by atoms with van der Waals surface area (Å²) in [5.41, 5.74) is 0. The second-order valence-corrected chi connectivity index (χ2v) is 20.9. The van der Waals surface area contributed by atoms with E-state index in [2.05, 4.69) is 118 Å². The molecule has 0 amide bonds. The van der Waals surface area contributed by atoms with Crippen molar-refractivity contribution in [3.63, 3.8) is 0 Å². The first-order valence-electron chi connectivity index (χ1n) is 31.7.